The number of nitrogens with one attached hydrogen (secondary N) is 2. The van der Waals surface area contributed by atoms with E-state index in [0.29, 0.717) is 23.6 Å². The van der Waals surface area contributed by atoms with Crippen LogP contribution in [0.5, 0.6) is 0 Å². The molecule has 1 aliphatic rings. The number of pyridine rings is 1. The molecule has 36 heavy (non-hydrogen) atoms. The number of aromatic nitrogens is 1. The molecule has 0 bridgehead atoms. The maximum Gasteiger partial charge on any atom is 0.134 e. The van der Waals surface area contributed by atoms with Crippen molar-refractivity contribution in [2.24, 2.45) is 0 Å². The summed E-state index contributed by atoms with van der Waals surface area (Å²) in [6.45, 7) is 9.26. The molecule has 1 aromatic heterocycles. The van der Waals surface area contributed by atoms with E-state index in [1.54, 1.807) is 6.20 Å². The van der Waals surface area contributed by atoms with E-state index in [1.165, 1.54) is 11.1 Å². The predicted molar refractivity (Wildman–Crippen MR) is 151 cm³/mol. The van der Waals surface area contributed by atoms with Crippen molar-refractivity contribution in [2.45, 2.75) is 13.8 Å². The van der Waals surface area contributed by atoms with Gasteiger partial charge in [0.15, 0.2) is 0 Å². The van der Waals surface area contributed by atoms with E-state index >= 15 is 0 Å². The Hall–Kier alpha value is -4.64. The van der Waals surface area contributed by atoms with Crippen molar-refractivity contribution >= 4 is 34.7 Å². The fourth-order valence-electron chi connectivity index (χ4n) is 4.80. The highest BCUT2D eigenvalue weighted by Crippen LogP contribution is 2.39. The molecule has 5 heteroatoms. The van der Waals surface area contributed by atoms with Gasteiger partial charge in [-0.25, -0.2) is 4.98 Å². The number of aryl methyl sites for hydroxylation is 2. The molecule has 4 N–H and O–H groups in total. The fourth-order valence-corrected chi connectivity index (χ4v) is 4.80. The Morgan fingerprint density at radius 2 is 1.67 bits per heavy atom. The fraction of sp³-hybridized carbons (Fsp3) is 0.0968. The lowest BCUT2D eigenvalue weighted by atomic mass is 9.93. The molecule has 0 saturated heterocycles. The molecule has 178 valence electrons. The lowest BCUT2D eigenvalue weighted by Crippen LogP contribution is -2.29. The molecule has 2 heterocycles. The Morgan fingerprint density at radius 3 is 2.44 bits per heavy atom. The zero-order valence-corrected chi connectivity index (χ0v) is 20.5. The normalized spacial score (nSPS) is 12.7. The Balaban J connectivity index is 1.55. The molecule has 0 spiro atoms. The second kappa shape index (κ2) is 9.55. The summed E-state index contributed by atoms with van der Waals surface area (Å²) in [5.74, 6) is 0.326. The Morgan fingerprint density at radius 1 is 0.944 bits per heavy atom. The van der Waals surface area contributed by atoms with Gasteiger partial charge in [0.05, 0.1) is 17.8 Å². The molecular formula is C31H29N5. The molecule has 0 saturated carbocycles. The van der Waals surface area contributed by atoms with Crippen LogP contribution in [0.25, 0.3) is 11.8 Å². The van der Waals surface area contributed by atoms with Gasteiger partial charge in [-0.15, -0.1) is 0 Å². The van der Waals surface area contributed by atoms with Crippen LogP contribution in [0.3, 0.4) is 0 Å². The highest BCUT2D eigenvalue weighted by Gasteiger charge is 2.26. The van der Waals surface area contributed by atoms with E-state index in [2.05, 4.69) is 78.1 Å². The monoisotopic (exact) mass is 471 g/mol. The molecule has 5 nitrogen and oxygen atoms in total. The minimum absolute atomic E-state index is 0.326. The highest BCUT2D eigenvalue weighted by molar-refractivity contribution is 6.16. The molecule has 0 radical (unpaired) electrons. The molecule has 4 aromatic rings. The lowest BCUT2D eigenvalue weighted by molar-refractivity contribution is 1.08. The first-order chi connectivity index (χ1) is 17.5. The molecule has 3 aromatic carbocycles. The van der Waals surface area contributed by atoms with Crippen LogP contribution in [0.4, 0.5) is 17.2 Å². The Labute approximate surface area is 212 Å². The number of nitrogens with two attached hydrogens (primary N) is 1. The van der Waals surface area contributed by atoms with E-state index < -0.39 is 0 Å². The third-order valence-corrected chi connectivity index (χ3v) is 6.58. The van der Waals surface area contributed by atoms with Gasteiger partial charge >= 0.3 is 0 Å². The van der Waals surface area contributed by atoms with Crippen LogP contribution in [0.15, 0.2) is 97.3 Å². The smallest absolute Gasteiger partial charge is 0.134 e. The van der Waals surface area contributed by atoms with Crippen LogP contribution in [-0.2, 0) is 0 Å². The molecule has 0 aliphatic carbocycles. The van der Waals surface area contributed by atoms with Gasteiger partial charge < -0.3 is 16.0 Å². The average molecular weight is 472 g/mol. The summed E-state index contributed by atoms with van der Waals surface area (Å²) in [5, 5.41) is 12.4. The summed E-state index contributed by atoms with van der Waals surface area (Å²) in [5.41, 5.74) is 16.5. The molecule has 0 atom stereocenters. The zero-order valence-electron chi connectivity index (χ0n) is 20.5. The minimum Gasteiger partial charge on any atom is -0.383 e. The first-order valence-corrected chi connectivity index (χ1v) is 11.9. The number of rotatable bonds is 6. The van der Waals surface area contributed by atoms with Crippen molar-refractivity contribution in [3.05, 3.63) is 131 Å². The van der Waals surface area contributed by atoms with E-state index in [4.69, 9.17) is 11.1 Å². The van der Waals surface area contributed by atoms with Crippen molar-refractivity contribution < 1.29 is 0 Å². The summed E-state index contributed by atoms with van der Waals surface area (Å²) < 4.78 is 0. The Bertz CT molecular complexity index is 1500. The number of nitrogen functional groups attached to an aromatic ring is 1. The molecule has 5 rings (SSSR count). The van der Waals surface area contributed by atoms with Crippen molar-refractivity contribution in [3.8, 4) is 0 Å². The summed E-state index contributed by atoms with van der Waals surface area (Å²) in [7, 11) is 0. The van der Waals surface area contributed by atoms with E-state index in [1.807, 2.05) is 42.5 Å². The maximum absolute atomic E-state index is 8.83. The molecule has 0 unspecified atom stereocenters. The number of benzene rings is 3. The summed E-state index contributed by atoms with van der Waals surface area (Å²) in [6.07, 6.45) is 3.88. The van der Waals surface area contributed by atoms with Gasteiger partial charge in [-0.1, -0.05) is 73.3 Å². The predicted octanol–water partition coefficient (Wildman–Crippen LogP) is 6.64. The van der Waals surface area contributed by atoms with Crippen LogP contribution in [-0.4, -0.2) is 17.2 Å². The second-order valence-corrected chi connectivity index (χ2v) is 8.96. The van der Waals surface area contributed by atoms with Gasteiger partial charge in [-0.3, -0.25) is 5.41 Å². The first kappa shape index (κ1) is 23.1. The molecular weight excluding hydrogens is 442 g/mol. The summed E-state index contributed by atoms with van der Waals surface area (Å²) in [4.78, 5) is 6.49. The number of nitrogens with zero attached hydrogens (tertiary/aromatic N) is 2. The van der Waals surface area contributed by atoms with Crippen molar-refractivity contribution in [1.29, 1.82) is 5.41 Å². The summed E-state index contributed by atoms with van der Waals surface area (Å²) >= 11 is 0. The van der Waals surface area contributed by atoms with Crippen LogP contribution in [0.2, 0.25) is 0 Å². The third-order valence-electron chi connectivity index (χ3n) is 6.58. The number of fused-ring (bicyclic) bond motifs is 1. The number of anilines is 3. The SMILES string of the molecule is C=C1c2c(C)cccc2C=C(CNc2ccnc(N)c2C(=N)c2ccccc2)N1c1ccccc1C. The van der Waals surface area contributed by atoms with Crippen LogP contribution >= 0.6 is 0 Å². The topological polar surface area (TPSA) is 78.0 Å². The van der Waals surface area contributed by atoms with Gasteiger partial charge in [-0.2, -0.15) is 0 Å². The molecule has 0 fully saturated rings. The van der Waals surface area contributed by atoms with E-state index in [0.717, 1.165) is 39.5 Å². The molecule has 0 amide bonds. The minimum atomic E-state index is 0.326. The van der Waals surface area contributed by atoms with Crippen LogP contribution < -0.4 is 16.0 Å². The number of hydrogen-bond acceptors (Lipinski definition) is 5. The quantitative estimate of drug-likeness (QED) is 0.275. The number of para-hydroxylation sites is 1. The largest absolute Gasteiger partial charge is 0.383 e. The standard InChI is InChI=1S/C31H29N5/c1-20-10-7-8-15-27(20)36-22(3)28-21(2)11-9-14-24(28)18-25(36)19-35-26-16-17-34-31(33)29(26)30(32)23-12-5-4-6-13-23/h4-18,32H,3,19H2,1-2H3,(H3,33,34,35). The van der Waals surface area contributed by atoms with Gasteiger partial charge in [0.2, 0.25) is 0 Å². The average Bonchev–Trinajstić information content (AvgIpc) is 2.88. The number of hydrogen-bond donors (Lipinski definition) is 3. The zero-order chi connectivity index (χ0) is 25.2. The Kier molecular flexibility index (Phi) is 6.13. The van der Waals surface area contributed by atoms with Gasteiger partial charge in [0, 0.05) is 40.1 Å². The van der Waals surface area contributed by atoms with Crippen molar-refractivity contribution in [1.82, 2.24) is 4.98 Å². The first-order valence-electron chi connectivity index (χ1n) is 11.9. The van der Waals surface area contributed by atoms with Crippen LogP contribution in [0.1, 0.15) is 33.4 Å². The summed E-state index contributed by atoms with van der Waals surface area (Å²) in [6, 6.07) is 26.1. The van der Waals surface area contributed by atoms with Crippen LogP contribution in [0, 0.1) is 19.3 Å². The van der Waals surface area contributed by atoms with E-state index in [-0.39, 0.29) is 0 Å². The van der Waals surface area contributed by atoms with Gasteiger partial charge in [0.1, 0.15) is 5.82 Å². The van der Waals surface area contributed by atoms with Crippen molar-refractivity contribution in [2.75, 3.05) is 22.5 Å². The van der Waals surface area contributed by atoms with Gasteiger partial charge in [0.25, 0.3) is 0 Å². The van der Waals surface area contributed by atoms with Crippen molar-refractivity contribution in [3.63, 3.8) is 0 Å². The van der Waals surface area contributed by atoms with Gasteiger partial charge in [-0.05, 0) is 48.7 Å². The third kappa shape index (κ3) is 4.16. The highest BCUT2D eigenvalue weighted by atomic mass is 15.2. The molecule has 1 aliphatic heterocycles. The maximum atomic E-state index is 8.83. The lowest BCUT2D eigenvalue weighted by Gasteiger charge is -2.36. The van der Waals surface area contributed by atoms with E-state index in [9.17, 15) is 0 Å². The second-order valence-electron chi connectivity index (χ2n) is 8.96.